The molecule has 0 saturated carbocycles. The number of hydrogen-bond acceptors (Lipinski definition) is 3. The molecule has 0 atom stereocenters. The Morgan fingerprint density at radius 3 is 2.38 bits per heavy atom. The third kappa shape index (κ3) is 4.99. The van der Waals surface area contributed by atoms with Gasteiger partial charge in [0, 0.05) is 24.6 Å². The lowest BCUT2D eigenvalue weighted by Crippen LogP contribution is -2.39. The number of ether oxygens (including phenoxy) is 1. The van der Waals surface area contributed by atoms with E-state index in [2.05, 4.69) is 5.32 Å². The van der Waals surface area contributed by atoms with Crippen LogP contribution in [0.5, 0.6) is 5.75 Å². The quantitative estimate of drug-likeness (QED) is 0.839. The Hall–Kier alpha value is -2.53. The maximum atomic E-state index is 12.4. The van der Waals surface area contributed by atoms with Gasteiger partial charge < -0.3 is 10.1 Å². The van der Waals surface area contributed by atoms with E-state index in [1.165, 1.54) is 18.9 Å². The zero-order chi connectivity index (χ0) is 19.3. The monoisotopic (exact) mass is 374 g/mol. The first-order chi connectivity index (χ1) is 12.3. The summed E-state index contributed by atoms with van der Waals surface area (Å²) in [7, 11) is 1.50. The van der Waals surface area contributed by atoms with Crippen molar-refractivity contribution >= 4 is 29.1 Å². The number of halogens is 1. The molecular formula is C20H23ClN2O3. The standard InChI is InChI=1S/C20H23ClN2O3/c1-13-5-7-16(8-6-13)11-22-20(25)12-23(15(3)24)18-9-14(2)17(21)10-19(18)26-4/h5-10H,11-12H2,1-4H3,(H,22,25). The summed E-state index contributed by atoms with van der Waals surface area (Å²) in [5.41, 5.74) is 3.48. The van der Waals surface area contributed by atoms with Crippen LogP contribution in [0.2, 0.25) is 5.02 Å². The molecule has 2 amide bonds. The van der Waals surface area contributed by atoms with Gasteiger partial charge in [-0.25, -0.2) is 0 Å². The van der Waals surface area contributed by atoms with Crippen LogP contribution in [0.3, 0.4) is 0 Å². The topological polar surface area (TPSA) is 58.6 Å². The Morgan fingerprint density at radius 1 is 1.15 bits per heavy atom. The number of methoxy groups -OCH3 is 1. The summed E-state index contributed by atoms with van der Waals surface area (Å²) in [5.74, 6) is -0.0620. The second-order valence-corrected chi connectivity index (χ2v) is 6.55. The Balaban J connectivity index is 2.13. The molecule has 0 spiro atoms. The SMILES string of the molecule is COc1cc(Cl)c(C)cc1N(CC(=O)NCc1ccc(C)cc1)C(C)=O. The molecule has 138 valence electrons. The van der Waals surface area contributed by atoms with Crippen LogP contribution in [0.25, 0.3) is 0 Å². The minimum atomic E-state index is -0.254. The summed E-state index contributed by atoms with van der Waals surface area (Å²) in [4.78, 5) is 25.8. The molecule has 0 aromatic heterocycles. The second kappa shape index (κ2) is 8.72. The van der Waals surface area contributed by atoms with Gasteiger partial charge in [-0.1, -0.05) is 41.4 Å². The van der Waals surface area contributed by atoms with Gasteiger partial charge in [-0.15, -0.1) is 0 Å². The van der Waals surface area contributed by atoms with E-state index < -0.39 is 0 Å². The fourth-order valence-corrected chi connectivity index (χ4v) is 2.65. The Morgan fingerprint density at radius 2 is 1.81 bits per heavy atom. The summed E-state index contributed by atoms with van der Waals surface area (Å²) in [6, 6.07) is 11.3. The molecule has 1 N–H and O–H groups in total. The summed E-state index contributed by atoms with van der Waals surface area (Å²) in [5, 5.41) is 3.38. The highest BCUT2D eigenvalue weighted by atomic mass is 35.5. The van der Waals surface area contributed by atoms with Gasteiger partial charge in [-0.05, 0) is 31.0 Å². The maximum Gasteiger partial charge on any atom is 0.240 e. The molecule has 0 aliphatic heterocycles. The van der Waals surface area contributed by atoms with Gasteiger partial charge in [0.2, 0.25) is 11.8 Å². The molecular weight excluding hydrogens is 352 g/mol. The molecule has 0 unspecified atom stereocenters. The predicted molar refractivity (Wildman–Crippen MR) is 104 cm³/mol. The highest BCUT2D eigenvalue weighted by Gasteiger charge is 2.20. The average Bonchev–Trinajstić information content (AvgIpc) is 2.61. The lowest BCUT2D eigenvalue weighted by Gasteiger charge is -2.23. The highest BCUT2D eigenvalue weighted by Crippen LogP contribution is 2.33. The zero-order valence-corrected chi connectivity index (χ0v) is 16.2. The van der Waals surface area contributed by atoms with Crippen molar-refractivity contribution in [3.63, 3.8) is 0 Å². The van der Waals surface area contributed by atoms with Gasteiger partial charge >= 0.3 is 0 Å². The van der Waals surface area contributed by atoms with E-state index in [0.29, 0.717) is 23.0 Å². The van der Waals surface area contributed by atoms with E-state index in [-0.39, 0.29) is 18.4 Å². The van der Waals surface area contributed by atoms with E-state index in [0.717, 1.165) is 16.7 Å². The first-order valence-corrected chi connectivity index (χ1v) is 8.64. The number of nitrogens with zero attached hydrogens (tertiary/aromatic N) is 1. The summed E-state index contributed by atoms with van der Waals surface area (Å²) < 4.78 is 5.32. The van der Waals surface area contributed by atoms with Crippen LogP contribution >= 0.6 is 11.6 Å². The normalized spacial score (nSPS) is 10.3. The number of carbonyl (C=O) groups excluding carboxylic acids is 2. The van der Waals surface area contributed by atoms with Gasteiger partial charge in [-0.2, -0.15) is 0 Å². The van der Waals surface area contributed by atoms with Crippen LogP contribution in [0.4, 0.5) is 5.69 Å². The molecule has 0 radical (unpaired) electrons. The number of anilines is 1. The summed E-state index contributed by atoms with van der Waals surface area (Å²) >= 11 is 6.12. The first kappa shape index (κ1) is 19.8. The molecule has 0 heterocycles. The number of carbonyl (C=O) groups is 2. The Bertz CT molecular complexity index is 803. The molecule has 2 aromatic carbocycles. The maximum absolute atomic E-state index is 12.4. The van der Waals surface area contributed by atoms with Crippen molar-refractivity contribution in [2.45, 2.75) is 27.3 Å². The molecule has 0 saturated heterocycles. The number of hydrogen-bond donors (Lipinski definition) is 1. The van der Waals surface area contributed by atoms with Crippen LogP contribution in [-0.2, 0) is 16.1 Å². The van der Waals surface area contributed by atoms with Gasteiger partial charge in [0.05, 0.1) is 12.8 Å². The van der Waals surface area contributed by atoms with Crippen molar-refractivity contribution in [3.05, 3.63) is 58.1 Å². The minimum Gasteiger partial charge on any atom is -0.495 e. The zero-order valence-electron chi connectivity index (χ0n) is 15.4. The van der Waals surface area contributed by atoms with Crippen molar-refractivity contribution < 1.29 is 14.3 Å². The van der Waals surface area contributed by atoms with Gasteiger partial charge in [0.25, 0.3) is 0 Å². The number of aryl methyl sites for hydroxylation is 2. The number of amides is 2. The predicted octanol–water partition coefficient (Wildman–Crippen LogP) is 3.63. The third-order valence-corrected chi connectivity index (χ3v) is 4.45. The molecule has 2 aromatic rings. The molecule has 0 bridgehead atoms. The largest absolute Gasteiger partial charge is 0.495 e. The number of benzene rings is 2. The van der Waals surface area contributed by atoms with Crippen LogP contribution in [0.15, 0.2) is 36.4 Å². The van der Waals surface area contributed by atoms with Gasteiger partial charge in [0.1, 0.15) is 12.3 Å². The van der Waals surface area contributed by atoms with Gasteiger partial charge in [0.15, 0.2) is 0 Å². The van der Waals surface area contributed by atoms with Crippen molar-refractivity contribution in [2.75, 3.05) is 18.6 Å². The Labute approximate surface area is 158 Å². The van der Waals surface area contributed by atoms with Crippen molar-refractivity contribution in [3.8, 4) is 5.75 Å². The Kier molecular flexibility index (Phi) is 6.64. The lowest BCUT2D eigenvalue weighted by atomic mass is 10.1. The summed E-state index contributed by atoms with van der Waals surface area (Å²) in [6.45, 7) is 5.56. The van der Waals surface area contributed by atoms with Crippen LogP contribution in [-0.4, -0.2) is 25.5 Å². The van der Waals surface area contributed by atoms with E-state index >= 15 is 0 Å². The van der Waals surface area contributed by atoms with E-state index in [4.69, 9.17) is 16.3 Å². The minimum absolute atomic E-state index is 0.0986. The van der Waals surface area contributed by atoms with Crippen LogP contribution in [0, 0.1) is 13.8 Å². The molecule has 26 heavy (non-hydrogen) atoms. The van der Waals surface area contributed by atoms with E-state index in [9.17, 15) is 9.59 Å². The van der Waals surface area contributed by atoms with E-state index in [1.54, 1.807) is 12.1 Å². The smallest absolute Gasteiger partial charge is 0.240 e. The fraction of sp³-hybridized carbons (Fsp3) is 0.300. The highest BCUT2D eigenvalue weighted by molar-refractivity contribution is 6.31. The molecule has 0 fully saturated rings. The molecule has 0 aliphatic rings. The van der Waals surface area contributed by atoms with Gasteiger partial charge in [-0.3, -0.25) is 14.5 Å². The van der Waals surface area contributed by atoms with Crippen molar-refractivity contribution in [1.82, 2.24) is 5.32 Å². The van der Waals surface area contributed by atoms with E-state index in [1.807, 2.05) is 38.1 Å². The summed E-state index contributed by atoms with van der Waals surface area (Å²) in [6.07, 6.45) is 0. The lowest BCUT2D eigenvalue weighted by molar-refractivity contribution is -0.123. The third-order valence-electron chi connectivity index (χ3n) is 4.04. The molecule has 2 rings (SSSR count). The van der Waals surface area contributed by atoms with Crippen LogP contribution < -0.4 is 15.0 Å². The van der Waals surface area contributed by atoms with Crippen molar-refractivity contribution in [2.24, 2.45) is 0 Å². The fourth-order valence-electron chi connectivity index (χ4n) is 2.49. The average molecular weight is 375 g/mol. The van der Waals surface area contributed by atoms with Crippen LogP contribution in [0.1, 0.15) is 23.6 Å². The molecule has 6 heteroatoms. The van der Waals surface area contributed by atoms with Crippen molar-refractivity contribution in [1.29, 1.82) is 0 Å². The number of nitrogens with one attached hydrogen (secondary N) is 1. The molecule has 0 aliphatic carbocycles. The first-order valence-electron chi connectivity index (χ1n) is 8.26. The second-order valence-electron chi connectivity index (χ2n) is 6.14. The molecule has 5 nitrogen and oxygen atoms in total. The number of rotatable bonds is 6.